The molecule has 0 saturated heterocycles. The normalized spacial score (nSPS) is 10.4. The van der Waals surface area contributed by atoms with Gasteiger partial charge in [-0.3, -0.25) is 0 Å². The Labute approximate surface area is 110 Å². The summed E-state index contributed by atoms with van der Waals surface area (Å²) in [5.41, 5.74) is 3.13. The Balaban J connectivity index is 2.99. The molecular weight excluding hydrogens is 224 g/mol. The number of aryl methyl sites for hydroxylation is 1. The summed E-state index contributed by atoms with van der Waals surface area (Å²) in [6.45, 7) is 7.99. The minimum atomic E-state index is 0.0398. The predicted molar refractivity (Wildman–Crippen MR) is 74.4 cm³/mol. The van der Waals surface area contributed by atoms with Gasteiger partial charge in [0.05, 0.1) is 19.1 Å². The fraction of sp³-hybridized carbons (Fsp3) is 0.533. The molecule has 1 aromatic rings. The van der Waals surface area contributed by atoms with Gasteiger partial charge in [-0.25, -0.2) is 0 Å². The molecule has 1 aromatic carbocycles. The second kappa shape index (κ2) is 7.03. The van der Waals surface area contributed by atoms with Crippen LogP contribution in [0.5, 0.6) is 0 Å². The minimum Gasteiger partial charge on any atom is -0.392 e. The summed E-state index contributed by atoms with van der Waals surface area (Å²) in [5, 5.41) is 18.2. The fourth-order valence-corrected chi connectivity index (χ4v) is 2.09. The molecule has 0 atom stereocenters. The summed E-state index contributed by atoms with van der Waals surface area (Å²) in [5.74, 6) is 0.525. The van der Waals surface area contributed by atoms with Gasteiger partial charge in [-0.2, -0.15) is 5.26 Å². The summed E-state index contributed by atoms with van der Waals surface area (Å²) in [7, 11) is 0. The summed E-state index contributed by atoms with van der Waals surface area (Å²) in [6, 6.07) is 8.29. The van der Waals surface area contributed by atoms with Gasteiger partial charge in [0.2, 0.25) is 0 Å². The Morgan fingerprint density at radius 2 is 2.11 bits per heavy atom. The van der Waals surface area contributed by atoms with Crippen LogP contribution in [0.2, 0.25) is 0 Å². The number of hydrogen-bond donors (Lipinski definition) is 1. The second-order valence-corrected chi connectivity index (χ2v) is 5.04. The number of nitrogens with zero attached hydrogens (tertiary/aromatic N) is 2. The smallest absolute Gasteiger partial charge is 0.0702 e. The molecular formula is C15H22N2O. The van der Waals surface area contributed by atoms with E-state index in [0.717, 1.165) is 23.4 Å². The van der Waals surface area contributed by atoms with Crippen molar-refractivity contribution in [2.45, 2.75) is 33.8 Å². The summed E-state index contributed by atoms with van der Waals surface area (Å²) >= 11 is 0. The third kappa shape index (κ3) is 4.05. The van der Waals surface area contributed by atoms with Crippen molar-refractivity contribution in [2.24, 2.45) is 5.92 Å². The van der Waals surface area contributed by atoms with Crippen LogP contribution in [-0.2, 0) is 6.61 Å². The number of aliphatic hydroxyl groups excluding tert-OH is 1. The van der Waals surface area contributed by atoms with Crippen LogP contribution in [-0.4, -0.2) is 18.2 Å². The third-order valence-corrected chi connectivity index (χ3v) is 2.83. The van der Waals surface area contributed by atoms with E-state index in [1.807, 2.05) is 25.1 Å². The van der Waals surface area contributed by atoms with Gasteiger partial charge in [-0.15, -0.1) is 0 Å². The van der Waals surface area contributed by atoms with Gasteiger partial charge >= 0.3 is 0 Å². The van der Waals surface area contributed by atoms with Gasteiger partial charge in [0, 0.05) is 24.3 Å². The Hall–Kier alpha value is -1.53. The topological polar surface area (TPSA) is 47.3 Å². The summed E-state index contributed by atoms with van der Waals surface area (Å²) < 4.78 is 0. The third-order valence-electron chi connectivity index (χ3n) is 2.83. The Morgan fingerprint density at radius 1 is 1.39 bits per heavy atom. The molecule has 0 amide bonds. The van der Waals surface area contributed by atoms with Crippen LogP contribution in [0.25, 0.3) is 0 Å². The number of benzene rings is 1. The van der Waals surface area contributed by atoms with Gasteiger partial charge in [-0.1, -0.05) is 31.5 Å². The number of hydrogen-bond acceptors (Lipinski definition) is 3. The highest BCUT2D eigenvalue weighted by molar-refractivity contribution is 5.55. The lowest BCUT2D eigenvalue weighted by atomic mass is 10.1. The first-order valence-electron chi connectivity index (χ1n) is 6.40. The average Bonchev–Trinajstić information content (AvgIpc) is 2.34. The zero-order valence-electron chi connectivity index (χ0n) is 11.5. The van der Waals surface area contributed by atoms with Crippen LogP contribution in [0.15, 0.2) is 18.2 Å². The summed E-state index contributed by atoms with van der Waals surface area (Å²) in [4.78, 5) is 2.19. The Bertz CT molecular complexity index is 421. The lowest BCUT2D eigenvalue weighted by Gasteiger charge is -2.28. The van der Waals surface area contributed by atoms with Crippen LogP contribution < -0.4 is 4.90 Å². The molecule has 0 aliphatic heterocycles. The molecule has 0 fully saturated rings. The largest absolute Gasteiger partial charge is 0.392 e. The number of nitriles is 1. The Morgan fingerprint density at radius 3 is 2.67 bits per heavy atom. The highest BCUT2D eigenvalue weighted by Gasteiger charge is 2.12. The van der Waals surface area contributed by atoms with Crippen molar-refractivity contribution >= 4 is 5.69 Å². The lowest BCUT2D eigenvalue weighted by Crippen LogP contribution is -2.29. The van der Waals surface area contributed by atoms with Crippen LogP contribution in [0.1, 0.15) is 31.4 Å². The second-order valence-electron chi connectivity index (χ2n) is 5.04. The van der Waals surface area contributed by atoms with Crippen molar-refractivity contribution in [3.05, 3.63) is 29.3 Å². The van der Waals surface area contributed by atoms with E-state index in [4.69, 9.17) is 5.26 Å². The fourth-order valence-electron chi connectivity index (χ4n) is 2.09. The van der Waals surface area contributed by atoms with E-state index < -0.39 is 0 Å². The maximum Gasteiger partial charge on any atom is 0.0702 e. The van der Waals surface area contributed by atoms with Crippen LogP contribution in [0.4, 0.5) is 5.69 Å². The molecule has 0 aromatic heterocycles. The zero-order chi connectivity index (χ0) is 13.5. The SMILES string of the molecule is Cc1ccc(N(CCC#N)CC(C)C)c(CO)c1. The number of aliphatic hydroxyl groups is 1. The molecule has 0 bridgehead atoms. The molecule has 0 aliphatic carbocycles. The minimum absolute atomic E-state index is 0.0398. The van der Waals surface area contributed by atoms with Crippen molar-refractivity contribution < 1.29 is 5.11 Å². The zero-order valence-corrected chi connectivity index (χ0v) is 11.5. The van der Waals surface area contributed by atoms with Crippen molar-refractivity contribution in [3.8, 4) is 6.07 Å². The molecule has 1 N–H and O–H groups in total. The first kappa shape index (κ1) is 14.5. The van der Waals surface area contributed by atoms with Crippen LogP contribution >= 0.6 is 0 Å². The first-order valence-corrected chi connectivity index (χ1v) is 6.40. The quantitative estimate of drug-likeness (QED) is 0.839. The van der Waals surface area contributed by atoms with Gasteiger partial charge in [0.15, 0.2) is 0 Å². The Kier molecular flexibility index (Phi) is 5.67. The van der Waals surface area contributed by atoms with Gasteiger partial charge < -0.3 is 10.0 Å². The van der Waals surface area contributed by atoms with Gasteiger partial charge in [0.25, 0.3) is 0 Å². The van der Waals surface area contributed by atoms with E-state index in [9.17, 15) is 5.11 Å². The van der Waals surface area contributed by atoms with Crippen LogP contribution in [0, 0.1) is 24.2 Å². The van der Waals surface area contributed by atoms with E-state index in [1.165, 1.54) is 0 Å². The lowest BCUT2D eigenvalue weighted by molar-refractivity contribution is 0.282. The van der Waals surface area contributed by atoms with Gasteiger partial charge in [-0.05, 0) is 18.9 Å². The molecule has 18 heavy (non-hydrogen) atoms. The van der Waals surface area contributed by atoms with E-state index in [0.29, 0.717) is 18.9 Å². The molecule has 0 spiro atoms. The monoisotopic (exact) mass is 246 g/mol. The molecule has 0 unspecified atom stereocenters. The first-order chi connectivity index (χ1) is 8.58. The van der Waals surface area contributed by atoms with E-state index in [-0.39, 0.29) is 6.61 Å². The van der Waals surface area contributed by atoms with E-state index >= 15 is 0 Å². The molecule has 3 nitrogen and oxygen atoms in total. The molecule has 0 radical (unpaired) electrons. The maximum atomic E-state index is 9.46. The number of rotatable bonds is 6. The number of anilines is 1. The highest BCUT2D eigenvalue weighted by atomic mass is 16.3. The maximum absolute atomic E-state index is 9.46. The molecule has 0 heterocycles. The van der Waals surface area contributed by atoms with Crippen molar-refractivity contribution in [1.29, 1.82) is 5.26 Å². The molecule has 3 heteroatoms. The molecule has 0 saturated carbocycles. The van der Waals surface area contributed by atoms with Gasteiger partial charge in [0.1, 0.15) is 0 Å². The molecule has 98 valence electrons. The van der Waals surface area contributed by atoms with E-state index in [2.05, 4.69) is 24.8 Å². The van der Waals surface area contributed by atoms with Crippen molar-refractivity contribution in [1.82, 2.24) is 0 Å². The van der Waals surface area contributed by atoms with E-state index in [1.54, 1.807) is 0 Å². The van der Waals surface area contributed by atoms with Crippen molar-refractivity contribution in [3.63, 3.8) is 0 Å². The molecule has 0 aliphatic rings. The standard InChI is InChI=1S/C15H22N2O/c1-12(2)10-17(8-4-7-16)15-6-5-13(3)9-14(15)11-18/h5-6,9,12,18H,4,8,10-11H2,1-3H3. The highest BCUT2D eigenvalue weighted by Crippen LogP contribution is 2.23. The predicted octanol–water partition coefficient (Wildman–Crippen LogP) is 2.86. The van der Waals surface area contributed by atoms with Crippen LogP contribution in [0.3, 0.4) is 0 Å². The van der Waals surface area contributed by atoms with Crippen molar-refractivity contribution in [2.75, 3.05) is 18.0 Å². The summed E-state index contributed by atoms with van der Waals surface area (Å²) in [6.07, 6.45) is 0.505. The molecule has 1 rings (SSSR count). The average molecular weight is 246 g/mol.